The molecule has 218 valence electrons. The molecule has 0 saturated carbocycles. The van der Waals surface area contributed by atoms with Crippen LogP contribution in [0.2, 0.25) is 0 Å². The normalized spacial score (nSPS) is 20.7. The maximum Gasteiger partial charge on any atom is 0.258 e. The molecule has 3 aliphatic rings. The summed E-state index contributed by atoms with van der Waals surface area (Å²) in [7, 11) is 2.15. The number of halogens is 2. The Kier molecular flexibility index (Phi) is 9.36. The van der Waals surface area contributed by atoms with Gasteiger partial charge in [0.1, 0.15) is 22.4 Å². The summed E-state index contributed by atoms with van der Waals surface area (Å²) in [5.74, 6) is -0.933. The van der Waals surface area contributed by atoms with Gasteiger partial charge in [-0.15, -0.1) is 0 Å². The van der Waals surface area contributed by atoms with Gasteiger partial charge in [-0.25, -0.2) is 13.8 Å². The van der Waals surface area contributed by atoms with Crippen LogP contribution in [0.15, 0.2) is 63.7 Å². The Morgan fingerprint density at radius 3 is 2.66 bits per heavy atom. The molecule has 1 amide bonds. The largest absolute Gasteiger partial charge is 0.397 e. The van der Waals surface area contributed by atoms with Crippen molar-refractivity contribution in [1.82, 2.24) is 20.5 Å². The van der Waals surface area contributed by atoms with Gasteiger partial charge in [0.25, 0.3) is 5.91 Å². The number of anilines is 1. The third-order valence-corrected chi connectivity index (χ3v) is 8.94. The van der Waals surface area contributed by atoms with Gasteiger partial charge in [-0.1, -0.05) is 23.9 Å². The number of rotatable bonds is 7. The van der Waals surface area contributed by atoms with Crippen molar-refractivity contribution >= 4 is 29.2 Å². The van der Waals surface area contributed by atoms with Crippen molar-refractivity contribution < 1.29 is 18.3 Å². The van der Waals surface area contributed by atoms with Gasteiger partial charge in [-0.05, 0) is 94.4 Å². The van der Waals surface area contributed by atoms with Crippen LogP contribution in [-0.4, -0.2) is 61.0 Å². The second-order valence-corrected chi connectivity index (χ2v) is 11.9. The van der Waals surface area contributed by atoms with Crippen LogP contribution < -0.4 is 16.4 Å². The number of benzene rings is 1. The number of pyridine rings is 1. The third-order valence-electron chi connectivity index (χ3n) is 7.97. The number of nitrogen functional groups attached to an aromatic ring is 1. The number of carbonyl (C=O) groups excluding carboxylic acids is 1. The van der Waals surface area contributed by atoms with Crippen LogP contribution in [0.3, 0.4) is 0 Å². The summed E-state index contributed by atoms with van der Waals surface area (Å²) in [5, 5.41) is 15.2. The number of nitrogens with two attached hydrogens (primary N) is 1. The molecule has 11 heteroatoms. The van der Waals surface area contributed by atoms with Crippen LogP contribution in [0.5, 0.6) is 0 Å². The number of carbonyl (C=O) groups is 1. The maximum absolute atomic E-state index is 14.2. The molecular formula is C30H36F2N6O2S. The SMILES string of the molecule is CN1CCC(C2C=CC(C(=O)NC(=N)c3nc(Sc4cc(F)ccc4F)ccc3N)=C(NC3CCOCC3)C2)CC1. The molecule has 0 bridgehead atoms. The van der Waals surface area contributed by atoms with E-state index in [0.717, 1.165) is 80.9 Å². The fourth-order valence-electron chi connectivity index (χ4n) is 5.57. The predicted octanol–water partition coefficient (Wildman–Crippen LogP) is 4.48. The lowest BCUT2D eigenvalue weighted by atomic mass is 9.78. The van der Waals surface area contributed by atoms with E-state index in [1.807, 2.05) is 6.08 Å². The highest BCUT2D eigenvalue weighted by Gasteiger charge is 2.30. The zero-order chi connectivity index (χ0) is 28.9. The van der Waals surface area contributed by atoms with E-state index in [-0.39, 0.29) is 28.2 Å². The molecule has 1 aliphatic carbocycles. The van der Waals surface area contributed by atoms with E-state index >= 15 is 0 Å². The molecule has 1 unspecified atom stereocenters. The Hall–Kier alpha value is -3.28. The van der Waals surface area contributed by atoms with E-state index < -0.39 is 17.5 Å². The smallest absolute Gasteiger partial charge is 0.258 e. The molecule has 2 aliphatic heterocycles. The van der Waals surface area contributed by atoms with Crippen molar-refractivity contribution in [3.63, 3.8) is 0 Å². The van der Waals surface area contributed by atoms with Crippen molar-refractivity contribution in [1.29, 1.82) is 5.41 Å². The van der Waals surface area contributed by atoms with Crippen LogP contribution >= 0.6 is 11.8 Å². The Balaban J connectivity index is 1.33. The predicted molar refractivity (Wildman–Crippen MR) is 156 cm³/mol. The molecule has 3 heterocycles. The number of hydrogen-bond donors (Lipinski definition) is 4. The van der Waals surface area contributed by atoms with Crippen LogP contribution in [0.25, 0.3) is 0 Å². The van der Waals surface area contributed by atoms with Crippen molar-refractivity contribution in [2.24, 2.45) is 11.8 Å². The summed E-state index contributed by atoms with van der Waals surface area (Å²) in [6, 6.07) is 6.49. The van der Waals surface area contributed by atoms with Crippen LogP contribution in [0.1, 0.15) is 37.8 Å². The molecule has 1 aromatic heterocycles. The number of nitrogens with one attached hydrogen (secondary N) is 3. The number of nitrogens with zero attached hydrogens (tertiary/aromatic N) is 2. The summed E-state index contributed by atoms with van der Waals surface area (Å²) in [6.45, 7) is 3.52. The Labute approximate surface area is 243 Å². The molecule has 2 saturated heterocycles. The first-order valence-electron chi connectivity index (χ1n) is 14.0. The number of allylic oxidation sites excluding steroid dienone is 2. The van der Waals surface area contributed by atoms with Gasteiger partial charge in [-0.2, -0.15) is 0 Å². The summed E-state index contributed by atoms with van der Waals surface area (Å²) < 4.78 is 33.3. The number of amidine groups is 1. The number of hydrogen-bond acceptors (Lipinski definition) is 8. The summed E-state index contributed by atoms with van der Waals surface area (Å²) >= 11 is 0.914. The quantitative estimate of drug-likeness (QED) is 0.281. The van der Waals surface area contributed by atoms with Crippen LogP contribution in [0.4, 0.5) is 14.5 Å². The second kappa shape index (κ2) is 13.1. The molecule has 1 atom stereocenters. The molecule has 5 N–H and O–H groups in total. The minimum atomic E-state index is -0.584. The summed E-state index contributed by atoms with van der Waals surface area (Å²) in [6.07, 6.45) is 8.75. The average molecular weight is 583 g/mol. The molecule has 2 aromatic rings. The Morgan fingerprint density at radius 1 is 1.15 bits per heavy atom. The van der Waals surface area contributed by atoms with E-state index in [2.05, 4.69) is 33.6 Å². The van der Waals surface area contributed by atoms with E-state index in [1.54, 1.807) is 6.07 Å². The van der Waals surface area contributed by atoms with Gasteiger partial charge < -0.3 is 26.0 Å². The lowest BCUT2D eigenvalue weighted by Crippen LogP contribution is -2.40. The first-order chi connectivity index (χ1) is 19.8. The molecule has 2 fully saturated rings. The highest BCUT2D eigenvalue weighted by molar-refractivity contribution is 7.99. The topological polar surface area (TPSA) is 116 Å². The number of likely N-dealkylation sites (tertiary alicyclic amines) is 1. The third kappa shape index (κ3) is 7.33. The molecule has 5 rings (SSSR count). The Bertz CT molecular complexity index is 1350. The minimum Gasteiger partial charge on any atom is -0.397 e. The van der Waals surface area contributed by atoms with Crippen molar-refractivity contribution in [3.05, 3.63) is 71.1 Å². The zero-order valence-corrected chi connectivity index (χ0v) is 23.9. The van der Waals surface area contributed by atoms with E-state index in [9.17, 15) is 13.6 Å². The lowest BCUT2D eigenvalue weighted by molar-refractivity contribution is -0.116. The maximum atomic E-state index is 14.2. The first kappa shape index (κ1) is 29.2. The first-order valence-corrected chi connectivity index (χ1v) is 14.8. The van der Waals surface area contributed by atoms with Crippen molar-refractivity contribution in [3.8, 4) is 0 Å². The van der Waals surface area contributed by atoms with Crippen LogP contribution in [0, 0.1) is 28.9 Å². The molecule has 0 radical (unpaired) electrons. The fourth-order valence-corrected chi connectivity index (χ4v) is 6.40. The van der Waals surface area contributed by atoms with E-state index in [4.69, 9.17) is 15.9 Å². The highest BCUT2D eigenvalue weighted by atomic mass is 32.2. The van der Waals surface area contributed by atoms with Gasteiger partial charge in [0, 0.05) is 25.0 Å². The van der Waals surface area contributed by atoms with Gasteiger partial charge in [-0.3, -0.25) is 10.2 Å². The van der Waals surface area contributed by atoms with Gasteiger partial charge >= 0.3 is 0 Å². The number of amides is 1. The van der Waals surface area contributed by atoms with Gasteiger partial charge in [0.15, 0.2) is 5.84 Å². The Morgan fingerprint density at radius 2 is 1.90 bits per heavy atom. The lowest BCUT2D eigenvalue weighted by Gasteiger charge is -2.36. The minimum absolute atomic E-state index is 0.0590. The van der Waals surface area contributed by atoms with E-state index in [0.29, 0.717) is 35.6 Å². The standard InChI is InChI=1S/C30H36F2N6O2S/c1-38-12-8-18(9-13-38)19-2-4-22(25(16-19)35-21-10-14-40-15-11-21)30(39)37-29(34)28-24(33)6-7-27(36-28)41-26-17-20(31)3-5-23(26)32/h2-7,17-19,21,35H,8-16,33H2,1H3,(H2,34,37,39). The number of ether oxygens (including phenoxy) is 1. The summed E-state index contributed by atoms with van der Waals surface area (Å²) in [5.41, 5.74) is 7.74. The van der Waals surface area contributed by atoms with Crippen LogP contribution in [-0.2, 0) is 9.53 Å². The van der Waals surface area contributed by atoms with Crippen molar-refractivity contribution in [2.75, 3.05) is 39.1 Å². The zero-order valence-electron chi connectivity index (χ0n) is 23.1. The molecular weight excluding hydrogens is 546 g/mol. The van der Waals surface area contributed by atoms with Gasteiger partial charge in [0.2, 0.25) is 0 Å². The molecule has 41 heavy (non-hydrogen) atoms. The molecule has 8 nitrogen and oxygen atoms in total. The second-order valence-electron chi connectivity index (χ2n) is 10.9. The average Bonchev–Trinajstić information content (AvgIpc) is 2.97. The highest BCUT2D eigenvalue weighted by Crippen LogP contribution is 2.34. The monoisotopic (exact) mass is 582 g/mol. The summed E-state index contributed by atoms with van der Waals surface area (Å²) in [4.78, 5) is 20.3. The van der Waals surface area contributed by atoms with Gasteiger partial charge in [0.05, 0.1) is 16.2 Å². The molecule has 1 aromatic carbocycles. The fraction of sp³-hybridized carbons (Fsp3) is 0.433. The number of aromatic nitrogens is 1. The van der Waals surface area contributed by atoms with E-state index in [1.165, 1.54) is 6.07 Å². The molecule has 0 spiro atoms. The number of piperidine rings is 1. The van der Waals surface area contributed by atoms with Crippen molar-refractivity contribution in [2.45, 2.75) is 48.1 Å².